The number of nitrogens with one attached hydrogen (secondary N) is 1. The van der Waals surface area contributed by atoms with Crippen LogP contribution in [0, 0.1) is 5.82 Å². The molecule has 1 fully saturated rings. The Labute approximate surface area is 212 Å². The molecule has 2 aromatic carbocycles. The van der Waals surface area contributed by atoms with Gasteiger partial charge in [-0.3, -0.25) is 10.00 Å². The number of halogens is 1. The van der Waals surface area contributed by atoms with Crippen molar-refractivity contribution in [3.63, 3.8) is 0 Å². The van der Waals surface area contributed by atoms with Gasteiger partial charge >= 0.3 is 6.01 Å². The molecule has 0 saturated carbocycles. The molecule has 37 heavy (non-hydrogen) atoms. The minimum atomic E-state index is -0.155. The van der Waals surface area contributed by atoms with E-state index in [0.717, 1.165) is 65.0 Å². The number of H-pyrrole nitrogens is 1. The molecule has 10 heteroatoms. The van der Waals surface area contributed by atoms with E-state index in [1.165, 1.54) is 12.3 Å². The van der Waals surface area contributed by atoms with Crippen LogP contribution in [0.1, 0.15) is 30.0 Å². The third-order valence-electron chi connectivity index (χ3n) is 6.69. The number of rotatable bonds is 7. The van der Waals surface area contributed by atoms with E-state index in [0.29, 0.717) is 6.54 Å². The highest BCUT2D eigenvalue weighted by Crippen LogP contribution is 2.30. The summed E-state index contributed by atoms with van der Waals surface area (Å²) in [6.45, 7) is 5.88. The lowest BCUT2D eigenvalue weighted by molar-refractivity contribution is 0.196. The van der Waals surface area contributed by atoms with Crippen molar-refractivity contribution in [3.05, 3.63) is 91.0 Å². The minimum absolute atomic E-state index is 0.155. The third-order valence-corrected chi connectivity index (χ3v) is 6.69. The topological polar surface area (TPSA) is 97.6 Å². The van der Waals surface area contributed by atoms with E-state index in [1.54, 1.807) is 23.1 Å². The Kier molecular flexibility index (Phi) is 6.15. The highest BCUT2D eigenvalue weighted by Gasteiger charge is 2.24. The maximum absolute atomic E-state index is 14.2. The number of likely N-dealkylation sites (tertiary alicyclic amines) is 1. The van der Waals surface area contributed by atoms with Crippen molar-refractivity contribution in [3.8, 4) is 23.0 Å². The summed E-state index contributed by atoms with van der Waals surface area (Å²) in [5.41, 5.74) is 4.93. The quantitative estimate of drug-likeness (QED) is 0.328. The lowest BCUT2D eigenvalue weighted by Crippen LogP contribution is -2.34. The Morgan fingerprint density at radius 3 is 2.86 bits per heavy atom. The van der Waals surface area contributed by atoms with Crippen LogP contribution in [0.4, 0.5) is 4.39 Å². The maximum atomic E-state index is 14.2. The van der Waals surface area contributed by atoms with Gasteiger partial charge in [0.1, 0.15) is 11.5 Å². The van der Waals surface area contributed by atoms with Gasteiger partial charge in [-0.05, 0) is 43.7 Å². The molecule has 0 amide bonds. The second-order valence-corrected chi connectivity index (χ2v) is 9.09. The van der Waals surface area contributed by atoms with Gasteiger partial charge in [0.25, 0.3) is 0 Å². The first-order valence-electron chi connectivity index (χ1n) is 12.1. The van der Waals surface area contributed by atoms with Gasteiger partial charge in [0.2, 0.25) is 0 Å². The summed E-state index contributed by atoms with van der Waals surface area (Å²) in [5.74, 6) is 0.0908. The van der Waals surface area contributed by atoms with Crippen LogP contribution in [-0.2, 0) is 6.54 Å². The molecule has 1 atom stereocenters. The summed E-state index contributed by atoms with van der Waals surface area (Å²) in [5, 5.41) is 17.4. The van der Waals surface area contributed by atoms with Crippen molar-refractivity contribution in [2.24, 2.45) is 0 Å². The second kappa shape index (κ2) is 9.90. The molecule has 4 heterocycles. The van der Waals surface area contributed by atoms with Gasteiger partial charge in [0.15, 0.2) is 0 Å². The van der Waals surface area contributed by atoms with Crippen molar-refractivity contribution in [1.82, 2.24) is 40.1 Å². The molecular weight excluding hydrogens is 471 g/mol. The smallest absolute Gasteiger partial charge is 0.321 e. The first kappa shape index (κ1) is 23.0. The average Bonchev–Trinajstić information content (AvgIpc) is 3.59. The van der Waals surface area contributed by atoms with Crippen LogP contribution >= 0.6 is 0 Å². The molecule has 9 nitrogen and oxygen atoms in total. The summed E-state index contributed by atoms with van der Waals surface area (Å²) < 4.78 is 21.1. The van der Waals surface area contributed by atoms with Gasteiger partial charge in [-0.15, -0.1) is 5.10 Å². The fourth-order valence-electron chi connectivity index (χ4n) is 4.84. The predicted octanol–water partition coefficient (Wildman–Crippen LogP) is 4.64. The van der Waals surface area contributed by atoms with Gasteiger partial charge in [-0.2, -0.15) is 5.10 Å². The lowest BCUT2D eigenvalue weighted by atomic mass is 9.95. The molecule has 0 bridgehead atoms. The van der Waals surface area contributed by atoms with Crippen molar-refractivity contribution in [2.45, 2.75) is 25.3 Å². The van der Waals surface area contributed by atoms with Crippen LogP contribution in [0.3, 0.4) is 0 Å². The Hall–Kier alpha value is -4.44. The summed E-state index contributed by atoms with van der Waals surface area (Å²) in [6, 6.07) is 13.2. The molecule has 1 saturated heterocycles. The van der Waals surface area contributed by atoms with Crippen molar-refractivity contribution < 1.29 is 9.13 Å². The molecule has 5 aromatic rings. The summed E-state index contributed by atoms with van der Waals surface area (Å²) >= 11 is 0. The van der Waals surface area contributed by atoms with Gasteiger partial charge < -0.3 is 4.74 Å². The molecular formula is C27H25FN8O. The van der Waals surface area contributed by atoms with E-state index in [2.05, 4.69) is 42.0 Å². The molecule has 0 unspecified atom stereocenters. The van der Waals surface area contributed by atoms with Gasteiger partial charge in [0.05, 0.1) is 29.4 Å². The molecule has 0 radical (unpaired) electrons. The molecule has 3 aromatic heterocycles. The van der Waals surface area contributed by atoms with E-state index in [9.17, 15) is 4.39 Å². The van der Waals surface area contributed by atoms with E-state index in [1.807, 2.05) is 36.5 Å². The number of ether oxygens (including phenoxy) is 1. The van der Waals surface area contributed by atoms with E-state index in [-0.39, 0.29) is 17.7 Å². The standard InChI is InChI=1S/C27H25FN8O/c1-2-37-27-29-13-20(14-30-27)26-22-12-21(9-10-24(22)31-33-26)36-17-25(32-34-36)19-7-5-11-35(16-19)15-18-6-3-4-8-23(18)28/h2-4,6,8-10,12-14,17,19H,1,5,7,11,15-16H2,(H,31,33)/t19-/m1/s1. The summed E-state index contributed by atoms with van der Waals surface area (Å²) in [7, 11) is 0. The predicted molar refractivity (Wildman–Crippen MR) is 137 cm³/mol. The Morgan fingerprint density at radius 1 is 1.16 bits per heavy atom. The number of aromatic nitrogens is 7. The van der Waals surface area contributed by atoms with Crippen LogP contribution in [0.15, 0.2) is 73.9 Å². The molecule has 0 aliphatic carbocycles. The van der Waals surface area contributed by atoms with Crippen LogP contribution < -0.4 is 4.74 Å². The van der Waals surface area contributed by atoms with Crippen LogP contribution in [0.25, 0.3) is 27.8 Å². The van der Waals surface area contributed by atoms with E-state index in [4.69, 9.17) is 4.74 Å². The first-order chi connectivity index (χ1) is 18.2. The van der Waals surface area contributed by atoms with Gasteiger partial charge in [-0.1, -0.05) is 30.0 Å². The zero-order valence-corrected chi connectivity index (χ0v) is 20.1. The Morgan fingerprint density at radius 2 is 2.03 bits per heavy atom. The molecule has 6 rings (SSSR count). The van der Waals surface area contributed by atoms with Crippen molar-refractivity contribution >= 4 is 10.9 Å². The summed E-state index contributed by atoms with van der Waals surface area (Å²) in [4.78, 5) is 10.7. The normalized spacial score (nSPS) is 16.2. The number of aromatic amines is 1. The van der Waals surface area contributed by atoms with Crippen LogP contribution in [0.5, 0.6) is 6.01 Å². The van der Waals surface area contributed by atoms with Crippen LogP contribution in [0.2, 0.25) is 0 Å². The average molecular weight is 497 g/mol. The molecule has 1 aliphatic rings. The van der Waals surface area contributed by atoms with Crippen molar-refractivity contribution in [2.75, 3.05) is 13.1 Å². The summed E-state index contributed by atoms with van der Waals surface area (Å²) in [6.07, 6.45) is 8.67. The molecule has 0 spiro atoms. The number of fused-ring (bicyclic) bond motifs is 1. The Bertz CT molecular complexity index is 1540. The van der Waals surface area contributed by atoms with E-state index < -0.39 is 0 Å². The third kappa shape index (κ3) is 4.70. The minimum Gasteiger partial charge on any atom is -0.433 e. The highest BCUT2D eigenvalue weighted by molar-refractivity contribution is 5.93. The maximum Gasteiger partial charge on any atom is 0.321 e. The second-order valence-electron chi connectivity index (χ2n) is 9.09. The first-order valence-corrected chi connectivity index (χ1v) is 12.1. The fourth-order valence-corrected chi connectivity index (χ4v) is 4.84. The zero-order chi connectivity index (χ0) is 25.2. The Balaban J connectivity index is 1.22. The number of piperidine rings is 1. The number of benzene rings is 2. The molecule has 1 aliphatic heterocycles. The molecule has 1 N–H and O–H groups in total. The van der Waals surface area contributed by atoms with Gasteiger partial charge in [-0.25, -0.2) is 19.0 Å². The van der Waals surface area contributed by atoms with Crippen molar-refractivity contribution in [1.29, 1.82) is 0 Å². The SMILES string of the molecule is C=COc1ncc(-c2n[nH]c3ccc(-n4cc([C@@H]5CCCN(Cc6ccccc6F)C5)nn4)cc23)cn1. The fraction of sp³-hybridized carbons (Fsp3) is 0.222. The largest absolute Gasteiger partial charge is 0.433 e. The number of hydrogen-bond donors (Lipinski definition) is 1. The highest BCUT2D eigenvalue weighted by atomic mass is 19.1. The number of nitrogens with zero attached hydrogens (tertiary/aromatic N) is 7. The van der Waals surface area contributed by atoms with Gasteiger partial charge in [0, 0.05) is 47.9 Å². The zero-order valence-electron chi connectivity index (χ0n) is 20.1. The van der Waals surface area contributed by atoms with E-state index >= 15 is 0 Å². The van der Waals surface area contributed by atoms with Crippen LogP contribution in [-0.4, -0.2) is 53.1 Å². The lowest BCUT2D eigenvalue weighted by Gasteiger charge is -2.31. The monoisotopic (exact) mass is 496 g/mol. The number of hydrogen-bond acceptors (Lipinski definition) is 7. The molecule has 186 valence electrons.